The minimum Gasteiger partial charge on any atom is -1.00 e. The Balaban J connectivity index is -0.00000000750. The fourth-order valence-electron chi connectivity index (χ4n) is 0. The van der Waals surface area contributed by atoms with Gasteiger partial charge in [-0.25, -0.2) is 0 Å². The summed E-state index contributed by atoms with van der Waals surface area (Å²) in [6, 6.07) is 0. The van der Waals surface area contributed by atoms with Crippen LogP contribution in [0, 0.1) is 0 Å². The molecule has 4 heteroatoms. The number of hydrogen-bond acceptors (Lipinski definition) is 0. The summed E-state index contributed by atoms with van der Waals surface area (Å²) in [5, 5.41) is 0. The second kappa shape index (κ2) is 40.3. The third-order valence-corrected chi connectivity index (χ3v) is 0.500. The smallest absolute Gasteiger partial charge is 1.00 e. The Hall–Kier alpha value is 1.34. The summed E-state index contributed by atoms with van der Waals surface area (Å²) in [5.41, 5.74) is 0. The molecule has 0 aliphatic carbocycles. The molecule has 0 aromatic carbocycles. The SMILES string of the molecule is CCCC.O.[Cl-].[Cl-].[Sn+2]. The zero-order valence-corrected chi connectivity index (χ0v) is 9.54. The maximum absolute atomic E-state index is 2.18. The number of rotatable bonds is 1. The Morgan fingerprint density at radius 1 is 0.875 bits per heavy atom. The van der Waals surface area contributed by atoms with E-state index in [0.29, 0.717) is 0 Å². The van der Waals surface area contributed by atoms with Crippen LogP contribution in [0.25, 0.3) is 0 Å². The summed E-state index contributed by atoms with van der Waals surface area (Å²) in [6.07, 6.45) is 2.64. The van der Waals surface area contributed by atoms with Gasteiger partial charge in [0.25, 0.3) is 0 Å². The molecule has 0 heterocycles. The van der Waals surface area contributed by atoms with E-state index in [1.165, 1.54) is 12.8 Å². The summed E-state index contributed by atoms with van der Waals surface area (Å²) < 4.78 is 0. The van der Waals surface area contributed by atoms with E-state index in [4.69, 9.17) is 0 Å². The van der Waals surface area contributed by atoms with E-state index in [-0.39, 0.29) is 54.2 Å². The number of hydrogen-bond donors (Lipinski definition) is 0. The molecule has 0 saturated carbocycles. The topological polar surface area (TPSA) is 31.5 Å². The van der Waals surface area contributed by atoms with Crippen molar-refractivity contribution < 1.29 is 30.3 Å². The van der Waals surface area contributed by atoms with E-state index in [1.54, 1.807) is 0 Å². The number of halogens is 2. The van der Waals surface area contributed by atoms with Gasteiger partial charge < -0.3 is 30.3 Å². The summed E-state index contributed by atoms with van der Waals surface area (Å²) in [6.45, 7) is 4.36. The van der Waals surface area contributed by atoms with E-state index in [2.05, 4.69) is 13.8 Å². The first-order chi connectivity index (χ1) is 1.91. The first kappa shape index (κ1) is 34.5. The Morgan fingerprint density at radius 2 is 1.00 bits per heavy atom. The van der Waals surface area contributed by atoms with Gasteiger partial charge in [-0.1, -0.05) is 26.7 Å². The Bertz CT molecular complexity index is 16.0. The monoisotopic (exact) mass is 266 g/mol. The molecule has 52 valence electrons. The molecular weight excluding hydrogens is 254 g/mol. The standard InChI is InChI=1S/C4H10.2ClH.H2O.Sn/c1-3-4-2;;;;/h3-4H2,1-2H3;2*1H;1H2;/q;;;;+2/p-2. The van der Waals surface area contributed by atoms with Gasteiger partial charge in [-0.2, -0.15) is 0 Å². The van der Waals surface area contributed by atoms with Crippen molar-refractivity contribution in [3.8, 4) is 0 Å². The molecule has 0 saturated heterocycles. The summed E-state index contributed by atoms with van der Waals surface area (Å²) in [4.78, 5) is 0. The molecule has 0 amide bonds. The van der Waals surface area contributed by atoms with Crippen LogP contribution >= 0.6 is 0 Å². The van der Waals surface area contributed by atoms with Crippen LogP contribution in [0.1, 0.15) is 26.7 Å². The normalized spacial score (nSPS) is 3.75. The number of unbranched alkanes of at least 4 members (excludes halogenated alkanes) is 1. The van der Waals surface area contributed by atoms with Crippen molar-refractivity contribution in [2.24, 2.45) is 0 Å². The Labute approximate surface area is 80.7 Å². The maximum atomic E-state index is 2.18. The molecule has 0 aromatic rings. The van der Waals surface area contributed by atoms with Crippen molar-refractivity contribution in [1.29, 1.82) is 0 Å². The van der Waals surface area contributed by atoms with E-state index in [1.807, 2.05) is 0 Å². The van der Waals surface area contributed by atoms with Crippen LogP contribution in [0.15, 0.2) is 0 Å². The fraction of sp³-hybridized carbons (Fsp3) is 1.00. The molecule has 0 unspecified atom stereocenters. The van der Waals surface area contributed by atoms with Gasteiger partial charge in [-0.05, 0) is 0 Å². The van der Waals surface area contributed by atoms with Gasteiger partial charge >= 0.3 is 23.9 Å². The third kappa shape index (κ3) is 53.9. The van der Waals surface area contributed by atoms with Gasteiger partial charge in [0, 0.05) is 0 Å². The zero-order chi connectivity index (χ0) is 3.41. The molecule has 2 radical (unpaired) electrons. The van der Waals surface area contributed by atoms with Crippen molar-refractivity contribution in [3.63, 3.8) is 0 Å². The second-order valence-corrected chi connectivity index (χ2v) is 1.000. The van der Waals surface area contributed by atoms with Gasteiger partial charge in [-0.15, -0.1) is 0 Å². The van der Waals surface area contributed by atoms with Crippen LogP contribution in [0.5, 0.6) is 0 Å². The van der Waals surface area contributed by atoms with E-state index in [0.717, 1.165) is 0 Å². The zero-order valence-electron chi connectivity index (χ0n) is 5.17. The minimum atomic E-state index is 0. The molecule has 0 aromatic heterocycles. The van der Waals surface area contributed by atoms with Crippen LogP contribution in [0.2, 0.25) is 0 Å². The average Bonchev–Trinajstić information content (AvgIpc) is 1.37. The van der Waals surface area contributed by atoms with Gasteiger partial charge in [0.15, 0.2) is 0 Å². The van der Waals surface area contributed by atoms with Crippen LogP contribution in [0.4, 0.5) is 0 Å². The fourth-order valence-corrected chi connectivity index (χ4v) is 0. The van der Waals surface area contributed by atoms with Gasteiger partial charge in [0.1, 0.15) is 0 Å². The summed E-state index contributed by atoms with van der Waals surface area (Å²) in [5.74, 6) is 0. The average molecular weight is 266 g/mol. The molecule has 0 aliphatic heterocycles. The third-order valence-electron chi connectivity index (χ3n) is 0.500. The van der Waals surface area contributed by atoms with Gasteiger partial charge in [0.05, 0.1) is 0 Å². The van der Waals surface area contributed by atoms with Crippen molar-refractivity contribution in [1.82, 2.24) is 0 Å². The maximum Gasteiger partial charge on any atom is 2.00 e. The molecule has 1 nitrogen and oxygen atoms in total. The minimum absolute atomic E-state index is 0. The van der Waals surface area contributed by atoms with Crippen molar-refractivity contribution in [3.05, 3.63) is 0 Å². The van der Waals surface area contributed by atoms with Crippen molar-refractivity contribution in [2.75, 3.05) is 0 Å². The van der Waals surface area contributed by atoms with Gasteiger partial charge in [-0.3, -0.25) is 0 Å². The second-order valence-electron chi connectivity index (χ2n) is 1.000. The molecule has 8 heavy (non-hydrogen) atoms. The quantitative estimate of drug-likeness (QED) is 0.424. The molecule has 0 aliphatic rings. The van der Waals surface area contributed by atoms with E-state index >= 15 is 0 Å². The first-order valence-corrected chi connectivity index (χ1v) is 1.91. The predicted molar refractivity (Wildman–Crippen MR) is 29.9 cm³/mol. The largest absolute Gasteiger partial charge is 2.00 e. The van der Waals surface area contributed by atoms with Crippen LogP contribution in [-0.2, 0) is 0 Å². The molecule has 0 spiro atoms. The van der Waals surface area contributed by atoms with E-state index < -0.39 is 0 Å². The van der Waals surface area contributed by atoms with Crippen molar-refractivity contribution in [2.45, 2.75) is 26.7 Å². The predicted octanol–water partition coefficient (Wildman–Crippen LogP) is -5.39. The molecule has 0 fully saturated rings. The molecule has 0 rings (SSSR count). The summed E-state index contributed by atoms with van der Waals surface area (Å²) in [7, 11) is 0. The molecule has 2 N–H and O–H groups in total. The van der Waals surface area contributed by atoms with Crippen molar-refractivity contribution >= 4 is 23.9 Å². The Morgan fingerprint density at radius 3 is 1.00 bits per heavy atom. The molecule has 0 bridgehead atoms. The van der Waals surface area contributed by atoms with E-state index in [9.17, 15) is 0 Å². The van der Waals surface area contributed by atoms with Gasteiger partial charge in [0.2, 0.25) is 0 Å². The van der Waals surface area contributed by atoms with Crippen LogP contribution in [-0.4, -0.2) is 29.4 Å². The Kier molecular flexibility index (Phi) is 174. The molecule has 0 atom stereocenters. The molecular formula is C4H12Cl2OSn. The van der Waals surface area contributed by atoms with Crippen LogP contribution in [0.3, 0.4) is 0 Å². The van der Waals surface area contributed by atoms with Crippen LogP contribution < -0.4 is 24.8 Å². The first-order valence-electron chi connectivity index (χ1n) is 1.91. The summed E-state index contributed by atoms with van der Waals surface area (Å²) >= 11 is 0.